The highest BCUT2D eigenvalue weighted by molar-refractivity contribution is 9.11. The number of benzene rings is 1. The van der Waals surface area contributed by atoms with Crippen LogP contribution in [-0.4, -0.2) is 13.0 Å². The average molecular weight is 389 g/mol. The Kier molecular flexibility index (Phi) is 3.42. The zero-order chi connectivity index (χ0) is 15.2. The van der Waals surface area contributed by atoms with Gasteiger partial charge in [-0.25, -0.2) is 13.2 Å². The summed E-state index contributed by atoms with van der Waals surface area (Å²) in [5, 5.41) is 0. The summed E-state index contributed by atoms with van der Waals surface area (Å²) in [5.41, 5.74) is 1.26. The third-order valence-electron chi connectivity index (χ3n) is 2.86. The molecule has 9 heteroatoms. The fourth-order valence-corrected chi connectivity index (χ4v) is 4.90. The second-order valence-electron chi connectivity index (χ2n) is 4.27. The molecule has 21 heavy (non-hydrogen) atoms. The van der Waals surface area contributed by atoms with Gasteiger partial charge in [0.15, 0.2) is 5.58 Å². The van der Waals surface area contributed by atoms with Crippen LogP contribution < -0.4 is 10.5 Å². The minimum absolute atomic E-state index is 0.198. The van der Waals surface area contributed by atoms with Crippen LogP contribution in [0.25, 0.3) is 11.1 Å². The van der Waals surface area contributed by atoms with E-state index < -0.39 is 15.8 Å². The minimum Gasteiger partial charge on any atom is -0.408 e. The lowest BCUT2D eigenvalue weighted by Crippen LogP contribution is -2.11. The number of nitrogens with one attached hydrogen (secondary N) is 1. The highest BCUT2D eigenvalue weighted by Gasteiger charge is 2.17. The lowest BCUT2D eigenvalue weighted by Gasteiger charge is -2.05. The van der Waals surface area contributed by atoms with Crippen molar-refractivity contribution in [3.8, 4) is 0 Å². The van der Waals surface area contributed by atoms with Crippen molar-refractivity contribution in [3.05, 3.63) is 44.7 Å². The van der Waals surface area contributed by atoms with Gasteiger partial charge in [0, 0.05) is 13.1 Å². The van der Waals surface area contributed by atoms with E-state index in [1.54, 1.807) is 25.2 Å². The number of nitrogens with zero attached hydrogens (tertiary/aromatic N) is 1. The van der Waals surface area contributed by atoms with Gasteiger partial charge in [-0.2, -0.15) is 0 Å². The second kappa shape index (κ2) is 5.00. The van der Waals surface area contributed by atoms with Crippen molar-refractivity contribution in [2.45, 2.75) is 4.21 Å². The molecule has 0 unspecified atom stereocenters. The zero-order valence-electron chi connectivity index (χ0n) is 10.7. The van der Waals surface area contributed by atoms with Gasteiger partial charge in [-0.15, -0.1) is 11.3 Å². The van der Waals surface area contributed by atoms with Crippen LogP contribution in [0, 0.1) is 0 Å². The van der Waals surface area contributed by atoms with E-state index in [1.165, 1.54) is 16.7 Å². The molecular formula is C12H9BrN2O4S2. The van der Waals surface area contributed by atoms with Gasteiger partial charge in [-0.3, -0.25) is 9.29 Å². The number of hydrogen-bond donors (Lipinski definition) is 1. The van der Waals surface area contributed by atoms with Crippen molar-refractivity contribution in [3.63, 3.8) is 0 Å². The Morgan fingerprint density at radius 1 is 1.29 bits per heavy atom. The van der Waals surface area contributed by atoms with E-state index in [-0.39, 0.29) is 4.21 Å². The highest BCUT2D eigenvalue weighted by Crippen LogP contribution is 2.28. The van der Waals surface area contributed by atoms with Crippen LogP contribution in [0.4, 0.5) is 5.69 Å². The Labute approximate surface area is 132 Å². The first kappa shape index (κ1) is 14.4. The molecule has 3 aromatic rings. The molecule has 1 N–H and O–H groups in total. The van der Waals surface area contributed by atoms with Crippen LogP contribution >= 0.6 is 27.3 Å². The number of fused-ring (bicyclic) bond motifs is 1. The molecule has 0 spiro atoms. The SMILES string of the molecule is Cn1c(=O)oc2cc(NS(=O)(=O)c3ccc(Br)s3)ccc21. The summed E-state index contributed by atoms with van der Waals surface area (Å²) >= 11 is 4.34. The van der Waals surface area contributed by atoms with Gasteiger partial charge in [0.2, 0.25) is 0 Å². The molecular weight excluding hydrogens is 380 g/mol. The lowest BCUT2D eigenvalue weighted by atomic mass is 10.3. The average Bonchev–Trinajstić information content (AvgIpc) is 2.95. The molecule has 0 aliphatic carbocycles. The van der Waals surface area contributed by atoms with Gasteiger partial charge in [0.05, 0.1) is 15.0 Å². The summed E-state index contributed by atoms with van der Waals surface area (Å²) in [4.78, 5) is 11.4. The standard InChI is InChI=1S/C12H9BrN2O4S2/c1-15-8-3-2-7(6-9(8)19-12(15)16)14-21(17,18)11-5-4-10(13)20-11/h2-6,14H,1H3. The van der Waals surface area contributed by atoms with E-state index in [9.17, 15) is 13.2 Å². The maximum atomic E-state index is 12.2. The van der Waals surface area contributed by atoms with Crippen LogP contribution in [0.5, 0.6) is 0 Å². The monoisotopic (exact) mass is 388 g/mol. The summed E-state index contributed by atoms with van der Waals surface area (Å²) in [6.45, 7) is 0. The maximum absolute atomic E-state index is 12.2. The van der Waals surface area contributed by atoms with Crippen LogP contribution in [0.2, 0.25) is 0 Å². The van der Waals surface area contributed by atoms with Crippen LogP contribution in [0.15, 0.2) is 47.5 Å². The zero-order valence-corrected chi connectivity index (χ0v) is 13.9. The molecule has 0 saturated carbocycles. The Morgan fingerprint density at radius 2 is 2.05 bits per heavy atom. The molecule has 0 amide bonds. The van der Waals surface area contributed by atoms with Crippen LogP contribution in [-0.2, 0) is 17.1 Å². The number of aromatic nitrogens is 1. The van der Waals surface area contributed by atoms with Crippen LogP contribution in [0.1, 0.15) is 0 Å². The molecule has 0 saturated heterocycles. The fourth-order valence-electron chi connectivity index (χ4n) is 1.84. The lowest BCUT2D eigenvalue weighted by molar-refractivity contribution is 0.528. The molecule has 2 aromatic heterocycles. The third-order valence-corrected chi connectivity index (χ3v) is 6.35. The Balaban J connectivity index is 2.00. The molecule has 0 fully saturated rings. The number of oxazole rings is 1. The van der Waals surface area contributed by atoms with Gasteiger partial charge in [-0.1, -0.05) is 0 Å². The van der Waals surface area contributed by atoms with Crippen molar-refractivity contribution >= 4 is 54.1 Å². The van der Waals surface area contributed by atoms with Crippen molar-refractivity contribution in [1.82, 2.24) is 4.57 Å². The number of rotatable bonds is 3. The first-order valence-corrected chi connectivity index (χ1v) is 8.84. The summed E-state index contributed by atoms with van der Waals surface area (Å²) in [6.07, 6.45) is 0. The topological polar surface area (TPSA) is 81.3 Å². The Bertz CT molecular complexity index is 984. The van der Waals surface area contributed by atoms with Gasteiger partial charge >= 0.3 is 5.76 Å². The number of thiophene rings is 1. The normalized spacial score (nSPS) is 11.9. The number of hydrogen-bond acceptors (Lipinski definition) is 5. The third kappa shape index (κ3) is 2.63. The van der Waals surface area contributed by atoms with Crippen molar-refractivity contribution in [2.75, 3.05) is 4.72 Å². The molecule has 0 radical (unpaired) electrons. The molecule has 3 rings (SSSR count). The molecule has 0 aliphatic heterocycles. The van der Waals surface area contributed by atoms with Gasteiger partial charge in [0.25, 0.3) is 10.0 Å². The largest absolute Gasteiger partial charge is 0.419 e. The second-order valence-corrected chi connectivity index (χ2v) is 8.65. The van der Waals surface area contributed by atoms with E-state index in [0.29, 0.717) is 16.8 Å². The van der Waals surface area contributed by atoms with E-state index in [0.717, 1.165) is 15.1 Å². The summed E-state index contributed by atoms with van der Waals surface area (Å²) < 4.78 is 34.2. The number of sulfonamides is 1. The minimum atomic E-state index is -3.65. The molecule has 0 bridgehead atoms. The molecule has 110 valence electrons. The molecule has 2 heterocycles. The van der Waals surface area contributed by atoms with Crippen molar-refractivity contribution in [2.24, 2.45) is 7.05 Å². The predicted molar refractivity (Wildman–Crippen MR) is 84.3 cm³/mol. The fraction of sp³-hybridized carbons (Fsp3) is 0.0833. The first-order chi connectivity index (χ1) is 9.87. The summed E-state index contributed by atoms with van der Waals surface area (Å²) in [7, 11) is -2.07. The molecule has 1 aromatic carbocycles. The van der Waals surface area contributed by atoms with Gasteiger partial charge < -0.3 is 4.42 Å². The highest BCUT2D eigenvalue weighted by atomic mass is 79.9. The Hall–Kier alpha value is -1.58. The van der Waals surface area contributed by atoms with Gasteiger partial charge in [-0.05, 0) is 40.2 Å². The maximum Gasteiger partial charge on any atom is 0.419 e. The van der Waals surface area contributed by atoms with E-state index in [1.807, 2.05) is 0 Å². The predicted octanol–water partition coefficient (Wildman–Crippen LogP) is 2.76. The van der Waals surface area contributed by atoms with E-state index >= 15 is 0 Å². The molecule has 0 atom stereocenters. The quantitative estimate of drug-likeness (QED) is 0.747. The van der Waals surface area contributed by atoms with Gasteiger partial charge in [0.1, 0.15) is 4.21 Å². The summed E-state index contributed by atoms with van der Waals surface area (Å²) in [5.74, 6) is -0.493. The number of anilines is 1. The number of aryl methyl sites for hydroxylation is 1. The van der Waals surface area contributed by atoms with E-state index in [2.05, 4.69) is 20.7 Å². The summed E-state index contributed by atoms with van der Waals surface area (Å²) in [6, 6.07) is 7.87. The van der Waals surface area contributed by atoms with Crippen LogP contribution in [0.3, 0.4) is 0 Å². The van der Waals surface area contributed by atoms with Crippen molar-refractivity contribution < 1.29 is 12.8 Å². The molecule has 0 aliphatic rings. The smallest absolute Gasteiger partial charge is 0.408 e. The van der Waals surface area contributed by atoms with Crippen molar-refractivity contribution in [1.29, 1.82) is 0 Å². The number of halogens is 1. The molecule has 6 nitrogen and oxygen atoms in total. The first-order valence-electron chi connectivity index (χ1n) is 5.74. The van der Waals surface area contributed by atoms with E-state index in [4.69, 9.17) is 4.42 Å². The Morgan fingerprint density at radius 3 is 2.71 bits per heavy atom.